The van der Waals surface area contributed by atoms with Gasteiger partial charge in [-0.05, 0) is 38.3 Å². The van der Waals surface area contributed by atoms with E-state index in [0.717, 1.165) is 42.9 Å². The van der Waals surface area contributed by atoms with Crippen LogP contribution in [0.4, 0.5) is 11.4 Å². The van der Waals surface area contributed by atoms with Crippen molar-refractivity contribution in [2.45, 2.75) is 32.7 Å². The van der Waals surface area contributed by atoms with Crippen molar-refractivity contribution in [2.75, 3.05) is 18.5 Å². The number of nitrogens with zero attached hydrogens (tertiary/aromatic N) is 2. The topological polar surface area (TPSA) is 90.4 Å². The van der Waals surface area contributed by atoms with Crippen molar-refractivity contribution in [3.05, 3.63) is 39.8 Å². The second-order valence-electron chi connectivity index (χ2n) is 6.93. The minimum Gasteiger partial charge on any atom is -0.380 e. The van der Waals surface area contributed by atoms with Crippen LogP contribution in [0.25, 0.3) is 11.1 Å². The van der Waals surface area contributed by atoms with Crippen LogP contribution in [0.5, 0.6) is 0 Å². The fraction of sp³-hybridized carbons (Fsp3) is 0.471. The van der Waals surface area contributed by atoms with Gasteiger partial charge in [0.25, 0.3) is 5.69 Å². The molecule has 7 heteroatoms. The molecule has 24 heavy (non-hydrogen) atoms. The van der Waals surface area contributed by atoms with Crippen LogP contribution >= 0.6 is 0 Å². The van der Waals surface area contributed by atoms with Gasteiger partial charge in [-0.25, -0.2) is 0 Å². The number of ether oxygens (including phenoxy) is 1. The molecule has 1 aromatic heterocycles. The van der Waals surface area contributed by atoms with Gasteiger partial charge in [-0.2, -0.15) is 0 Å². The zero-order chi connectivity index (χ0) is 16.9. The van der Waals surface area contributed by atoms with E-state index in [-0.39, 0.29) is 16.7 Å². The number of rotatable bonds is 4. The number of nitro groups is 1. The largest absolute Gasteiger partial charge is 0.380 e. The highest BCUT2D eigenvalue weighted by Gasteiger charge is 2.50. The lowest BCUT2D eigenvalue weighted by molar-refractivity contribution is -0.383. The highest BCUT2D eigenvalue weighted by atomic mass is 16.6. The van der Waals surface area contributed by atoms with Crippen LogP contribution in [0, 0.1) is 29.4 Å². The highest BCUT2D eigenvalue weighted by molar-refractivity contribution is 5.75. The van der Waals surface area contributed by atoms with E-state index in [4.69, 9.17) is 9.26 Å². The zero-order valence-corrected chi connectivity index (χ0v) is 13.7. The molecule has 4 rings (SSSR count). The van der Waals surface area contributed by atoms with Crippen LogP contribution < -0.4 is 5.32 Å². The molecule has 2 aliphatic rings. The lowest BCUT2D eigenvalue weighted by atomic mass is 9.64. The Balaban J connectivity index is 1.60. The molecule has 1 aliphatic heterocycles. The molecule has 126 valence electrons. The number of hydrogen-bond acceptors (Lipinski definition) is 6. The minimum atomic E-state index is -0.342. The number of nitrogens with one attached hydrogen (secondary N) is 1. The maximum Gasteiger partial charge on any atom is 0.292 e. The van der Waals surface area contributed by atoms with Crippen LogP contribution in [-0.4, -0.2) is 29.3 Å². The summed E-state index contributed by atoms with van der Waals surface area (Å²) in [6, 6.07) is 5.53. The summed E-state index contributed by atoms with van der Waals surface area (Å²) in [5, 5.41) is 18.7. The van der Waals surface area contributed by atoms with Crippen molar-refractivity contribution in [3.8, 4) is 11.1 Å². The third-order valence-corrected chi connectivity index (χ3v) is 5.05. The standard InChI is InChI=1S/C17H19N3O4/c1-10-16(11(2)24-19-10)12-3-4-14(15(5-12)20(21)22)18-13-6-17(7-13)8-23-9-17/h3-5,13,18H,6-9H2,1-2H3. The van der Waals surface area contributed by atoms with E-state index in [1.54, 1.807) is 12.1 Å². The van der Waals surface area contributed by atoms with E-state index in [1.807, 2.05) is 19.9 Å². The van der Waals surface area contributed by atoms with Gasteiger partial charge < -0.3 is 14.6 Å². The van der Waals surface area contributed by atoms with Crippen molar-refractivity contribution in [2.24, 2.45) is 5.41 Å². The summed E-state index contributed by atoms with van der Waals surface area (Å²) in [6.07, 6.45) is 2.02. The first-order valence-electron chi connectivity index (χ1n) is 8.03. The van der Waals surface area contributed by atoms with Crippen LogP contribution in [0.1, 0.15) is 24.3 Å². The van der Waals surface area contributed by atoms with E-state index >= 15 is 0 Å². The van der Waals surface area contributed by atoms with Gasteiger partial charge in [-0.1, -0.05) is 11.2 Å². The van der Waals surface area contributed by atoms with Gasteiger partial charge in [0.15, 0.2) is 0 Å². The Morgan fingerprint density at radius 2 is 2.08 bits per heavy atom. The van der Waals surface area contributed by atoms with E-state index in [1.165, 1.54) is 0 Å². The molecule has 0 amide bonds. The number of anilines is 1. The second-order valence-corrected chi connectivity index (χ2v) is 6.93. The van der Waals surface area contributed by atoms with Crippen LogP contribution in [0.15, 0.2) is 22.7 Å². The average Bonchev–Trinajstić information content (AvgIpc) is 2.79. The smallest absolute Gasteiger partial charge is 0.292 e. The molecular weight excluding hydrogens is 310 g/mol. The minimum absolute atomic E-state index is 0.0818. The van der Waals surface area contributed by atoms with E-state index in [2.05, 4.69) is 10.5 Å². The lowest BCUT2D eigenvalue weighted by Crippen LogP contribution is -2.56. The third kappa shape index (κ3) is 2.36. The third-order valence-electron chi connectivity index (χ3n) is 5.05. The monoisotopic (exact) mass is 329 g/mol. The summed E-state index contributed by atoms with van der Waals surface area (Å²) in [7, 11) is 0. The molecule has 7 nitrogen and oxygen atoms in total. The van der Waals surface area contributed by atoms with Crippen molar-refractivity contribution >= 4 is 11.4 Å². The summed E-state index contributed by atoms with van der Waals surface area (Å²) in [6.45, 7) is 5.27. The predicted octanol–water partition coefficient (Wildman–Crippen LogP) is 3.46. The van der Waals surface area contributed by atoms with Crippen molar-refractivity contribution < 1.29 is 14.2 Å². The van der Waals surface area contributed by atoms with Crippen LogP contribution in [-0.2, 0) is 4.74 Å². The molecule has 1 aliphatic carbocycles. The maximum absolute atomic E-state index is 11.5. The molecule has 1 saturated heterocycles. The SMILES string of the molecule is Cc1noc(C)c1-c1ccc(NC2CC3(COC3)C2)c([N+](=O)[O-])c1. The van der Waals surface area contributed by atoms with Gasteiger partial charge in [-0.15, -0.1) is 0 Å². The molecule has 1 N–H and O–H groups in total. The first kappa shape index (κ1) is 15.1. The second kappa shape index (κ2) is 5.31. The Morgan fingerprint density at radius 3 is 2.62 bits per heavy atom. The maximum atomic E-state index is 11.5. The number of aromatic nitrogens is 1. The summed E-state index contributed by atoms with van der Waals surface area (Å²) >= 11 is 0. The molecule has 2 aromatic rings. The molecule has 1 aromatic carbocycles. The van der Waals surface area contributed by atoms with Gasteiger partial charge in [-0.3, -0.25) is 10.1 Å². The molecule has 0 atom stereocenters. The van der Waals surface area contributed by atoms with Gasteiger partial charge >= 0.3 is 0 Å². The molecular formula is C17H19N3O4. The van der Waals surface area contributed by atoms with Gasteiger partial charge in [0.1, 0.15) is 11.4 Å². The summed E-state index contributed by atoms with van der Waals surface area (Å²) in [5.74, 6) is 0.661. The number of aryl methyl sites for hydroxylation is 2. The molecule has 0 bridgehead atoms. The number of benzene rings is 1. The van der Waals surface area contributed by atoms with Crippen LogP contribution in [0.2, 0.25) is 0 Å². The molecule has 1 saturated carbocycles. The fourth-order valence-corrected chi connectivity index (χ4v) is 3.79. The molecule has 2 heterocycles. The van der Waals surface area contributed by atoms with Gasteiger partial charge in [0, 0.05) is 23.1 Å². The van der Waals surface area contributed by atoms with Gasteiger partial charge in [0.2, 0.25) is 0 Å². The Hall–Kier alpha value is -2.41. The molecule has 0 unspecified atom stereocenters. The Labute approximate surface area is 139 Å². The Morgan fingerprint density at radius 1 is 1.33 bits per heavy atom. The Bertz CT molecular complexity index is 783. The quantitative estimate of drug-likeness (QED) is 0.682. The van der Waals surface area contributed by atoms with E-state index in [9.17, 15) is 10.1 Å². The summed E-state index contributed by atoms with van der Waals surface area (Å²) in [4.78, 5) is 11.2. The Kier molecular flexibility index (Phi) is 3.35. The van der Waals surface area contributed by atoms with Gasteiger partial charge in [0.05, 0.1) is 23.8 Å². The molecule has 1 spiro atoms. The van der Waals surface area contributed by atoms with Crippen LogP contribution in [0.3, 0.4) is 0 Å². The molecule has 0 radical (unpaired) electrons. The first-order valence-corrected chi connectivity index (χ1v) is 8.03. The van der Waals surface area contributed by atoms with E-state index < -0.39 is 0 Å². The first-order chi connectivity index (χ1) is 11.5. The van der Waals surface area contributed by atoms with Crippen molar-refractivity contribution in [1.82, 2.24) is 5.16 Å². The fourth-order valence-electron chi connectivity index (χ4n) is 3.79. The highest BCUT2D eigenvalue weighted by Crippen LogP contribution is 2.48. The summed E-state index contributed by atoms with van der Waals surface area (Å²) in [5.41, 5.74) is 3.27. The predicted molar refractivity (Wildman–Crippen MR) is 88.0 cm³/mol. The zero-order valence-electron chi connectivity index (χ0n) is 13.7. The number of nitro benzene ring substituents is 1. The van der Waals surface area contributed by atoms with E-state index in [0.29, 0.717) is 16.9 Å². The molecule has 2 fully saturated rings. The lowest BCUT2D eigenvalue weighted by Gasteiger charge is -2.53. The normalized spacial score (nSPS) is 18.9. The number of hydrogen-bond donors (Lipinski definition) is 1. The summed E-state index contributed by atoms with van der Waals surface area (Å²) < 4.78 is 10.4. The van der Waals surface area contributed by atoms with Crippen molar-refractivity contribution in [3.63, 3.8) is 0 Å². The average molecular weight is 329 g/mol. The van der Waals surface area contributed by atoms with Crippen molar-refractivity contribution in [1.29, 1.82) is 0 Å².